The van der Waals surface area contributed by atoms with Gasteiger partial charge in [-0.05, 0) is 18.6 Å². The zero-order chi connectivity index (χ0) is 12.5. The van der Waals surface area contributed by atoms with Crippen molar-refractivity contribution in [2.75, 3.05) is 13.2 Å². The number of hydrogen-bond donors (Lipinski definition) is 1. The molecule has 0 spiro atoms. The van der Waals surface area contributed by atoms with E-state index in [0.29, 0.717) is 13.2 Å². The van der Waals surface area contributed by atoms with Gasteiger partial charge in [0, 0.05) is 13.0 Å². The van der Waals surface area contributed by atoms with Crippen molar-refractivity contribution in [2.45, 2.75) is 25.2 Å². The Balaban J connectivity index is 0.00000162. The van der Waals surface area contributed by atoms with E-state index in [9.17, 15) is 13.2 Å². The summed E-state index contributed by atoms with van der Waals surface area (Å²) < 4.78 is 43.8. The van der Waals surface area contributed by atoms with Gasteiger partial charge >= 0.3 is 6.18 Å². The molecule has 0 amide bonds. The fraction of sp³-hybridized carbons (Fsp3) is 0.500. The summed E-state index contributed by atoms with van der Waals surface area (Å²) in [7, 11) is 0. The van der Waals surface area contributed by atoms with E-state index in [1.54, 1.807) is 13.0 Å². The number of benzene rings is 1. The minimum Gasteiger partial charge on any atom is -0.359 e. The molecule has 1 unspecified atom stereocenters. The highest BCUT2D eigenvalue weighted by molar-refractivity contribution is 5.85. The molecule has 1 aromatic carbocycles. The van der Waals surface area contributed by atoms with Crippen molar-refractivity contribution in [3.8, 4) is 0 Å². The molecule has 2 nitrogen and oxygen atoms in total. The number of alkyl halides is 3. The zero-order valence-electron chi connectivity index (χ0n) is 9.88. The second kappa shape index (κ2) is 5.47. The highest BCUT2D eigenvalue weighted by Gasteiger charge is 2.36. The van der Waals surface area contributed by atoms with Crippen LogP contribution in [0.2, 0.25) is 0 Å². The molecule has 0 radical (unpaired) electrons. The molecule has 1 fully saturated rings. The summed E-state index contributed by atoms with van der Waals surface area (Å²) in [5.41, 5.74) is -1.02. The number of rotatable bonds is 2. The Morgan fingerprint density at radius 3 is 2.56 bits per heavy atom. The van der Waals surface area contributed by atoms with Gasteiger partial charge in [0.05, 0.1) is 12.2 Å². The Labute approximate surface area is 110 Å². The molecular formula is C12H15ClF3NO. The van der Waals surface area contributed by atoms with E-state index in [4.69, 9.17) is 4.74 Å². The van der Waals surface area contributed by atoms with E-state index < -0.39 is 17.5 Å². The predicted molar refractivity (Wildman–Crippen MR) is 64.8 cm³/mol. The van der Waals surface area contributed by atoms with Crippen LogP contribution < -0.4 is 5.32 Å². The fourth-order valence-corrected chi connectivity index (χ4v) is 2.07. The van der Waals surface area contributed by atoms with Crippen LogP contribution in [0.15, 0.2) is 24.3 Å². The highest BCUT2D eigenvalue weighted by atomic mass is 35.5. The summed E-state index contributed by atoms with van der Waals surface area (Å²) in [6, 6.07) is 5.62. The summed E-state index contributed by atoms with van der Waals surface area (Å²) in [5.74, 6) is 0. The highest BCUT2D eigenvalue weighted by Crippen LogP contribution is 2.33. The van der Waals surface area contributed by atoms with Crippen LogP contribution in [0.5, 0.6) is 0 Å². The minimum atomic E-state index is -4.31. The molecule has 1 aromatic rings. The van der Waals surface area contributed by atoms with E-state index in [-0.39, 0.29) is 24.4 Å². The molecule has 1 heterocycles. The largest absolute Gasteiger partial charge is 0.416 e. The average Bonchev–Trinajstić information content (AvgIpc) is 2.64. The van der Waals surface area contributed by atoms with Crippen LogP contribution in [-0.4, -0.2) is 18.9 Å². The topological polar surface area (TPSA) is 21.3 Å². The minimum absolute atomic E-state index is 0. The van der Waals surface area contributed by atoms with Gasteiger partial charge in [-0.3, -0.25) is 5.32 Å². The Hall–Kier alpha value is -0.780. The van der Waals surface area contributed by atoms with E-state index in [1.807, 2.05) is 0 Å². The van der Waals surface area contributed by atoms with Crippen LogP contribution >= 0.6 is 12.4 Å². The number of ether oxygens (including phenoxy) is 1. The lowest BCUT2D eigenvalue weighted by molar-refractivity contribution is -0.138. The van der Waals surface area contributed by atoms with E-state index >= 15 is 0 Å². The number of halogens is 4. The van der Waals surface area contributed by atoms with Crippen LogP contribution in [0.4, 0.5) is 13.2 Å². The quantitative estimate of drug-likeness (QED) is 0.900. The average molecular weight is 282 g/mol. The standard InChI is InChI=1S/C12H14F3NO.ClH/c1-11(16-6-7-17-11)8-9-4-2-3-5-10(9)12(13,14)15;/h2-5,16H,6-8H2,1H3;1H. The lowest BCUT2D eigenvalue weighted by Crippen LogP contribution is -2.40. The lowest BCUT2D eigenvalue weighted by atomic mass is 9.98. The molecule has 18 heavy (non-hydrogen) atoms. The van der Waals surface area contributed by atoms with Crippen LogP contribution in [0.3, 0.4) is 0 Å². The maximum atomic E-state index is 12.8. The van der Waals surface area contributed by atoms with Gasteiger partial charge in [0.25, 0.3) is 0 Å². The van der Waals surface area contributed by atoms with Gasteiger partial charge in [-0.15, -0.1) is 12.4 Å². The predicted octanol–water partition coefficient (Wildman–Crippen LogP) is 3.01. The van der Waals surface area contributed by atoms with Crippen LogP contribution in [0, 0.1) is 0 Å². The molecule has 1 saturated heterocycles. The molecule has 1 N–H and O–H groups in total. The van der Waals surface area contributed by atoms with Crippen molar-refractivity contribution in [3.05, 3.63) is 35.4 Å². The third-order valence-corrected chi connectivity index (χ3v) is 2.87. The summed E-state index contributed by atoms with van der Waals surface area (Å²) in [4.78, 5) is 0. The SMILES string of the molecule is CC1(Cc2ccccc2C(F)(F)F)NCCO1.Cl. The Bertz CT molecular complexity index is 403. The molecule has 0 aromatic heterocycles. The van der Waals surface area contributed by atoms with E-state index in [2.05, 4.69) is 5.32 Å². The van der Waals surface area contributed by atoms with Gasteiger partial charge in [0.1, 0.15) is 5.72 Å². The molecule has 0 bridgehead atoms. The van der Waals surface area contributed by atoms with Crippen LogP contribution in [-0.2, 0) is 17.3 Å². The molecule has 0 aliphatic carbocycles. The van der Waals surface area contributed by atoms with E-state index in [0.717, 1.165) is 6.07 Å². The number of nitrogens with one attached hydrogen (secondary N) is 1. The van der Waals surface area contributed by atoms with Gasteiger partial charge in [0.2, 0.25) is 0 Å². The zero-order valence-corrected chi connectivity index (χ0v) is 10.7. The van der Waals surface area contributed by atoms with Crippen molar-refractivity contribution in [1.29, 1.82) is 0 Å². The first-order valence-corrected chi connectivity index (χ1v) is 5.45. The number of hydrogen-bond acceptors (Lipinski definition) is 2. The maximum Gasteiger partial charge on any atom is 0.416 e. The van der Waals surface area contributed by atoms with Gasteiger partial charge in [-0.1, -0.05) is 18.2 Å². The molecule has 0 saturated carbocycles. The smallest absolute Gasteiger partial charge is 0.359 e. The molecule has 2 rings (SSSR count). The van der Waals surface area contributed by atoms with Gasteiger partial charge in [0.15, 0.2) is 0 Å². The first-order valence-electron chi connectivity index (χ1n) is 5.45. The third kappa shape index (κ3) is 3.37. The monoisotopic (exact) mass is 281 g/mol. The van der Waals surface area contributed by atoms with Gasteiger partial charge in [-0.2, -0.15) is 13.2 Å². The van der Waals surface area contributed by atoms with Gasteiger partial charge < -0.3 is 4.74 Å². The van der Waals surface area contributed by atoms with Crippen molar-refractivity contribution in [3.63, 3.8) is 0 Å². The molecule has 1 aliphatic heterocycles. The molecule has 102 valence electrons. The summed E-state index contributed by atoms with van der Waals surface area (Å²) in [5, 5.41) is 3.07. The molecule has 6 heteroatoms. The Morgan fingerprint density at radius 2 is 2.00 bits per heavy atom. The molecule has 1 aliphatic rings. The third-order valence-electron chi connectivity index (χ3n) is 2.87. The second-order valence-electron chi connectivity index (χ2n) is 4.34. The van der Waals surface area contributed by atoms with Crippen molar-refractivity contribution in [2.24, 2.45) is 0 Å². The van der Waals surface area contributed by atoms with Crippen LogP contribution in [0.1, 0.15) is 18.1 Å². The fourth-order valence-electron chi connectivity index (χ4n) is 2.07. The molecular weight excluding hydrogens is 267 g/mol. The van der Waals surface area contributed by atoms with Crippen molar-refractivity contribution >= 4 is 12.4 Å². The van der Waals surface area contributed by atoms with Crippen molar-refractivity contribution in [1.82, 2.24) is 5.32 Å². The Kier molecular flexibility index (Phi) is 4.64. The Morgan fingerprint density at radius 1 is 1.33 bits per heavy atom. The lowest BCUT2D eigenvalue weighted by Gasteiger charge is -2.25. The summed E-state index contributed by atoms with van der Waals surface area (Å²) in [6.45, 7) is 2.97. The second-order valence-corrected chi connectivity index (χ2v) is 4.34. The normalized spacial score (nSPS) is 23.8. The molecule has 1 atom stereocenters. The van der Waals surface area contributed by atoms with Gasteiger partial charge in [-0.25, -0.2) is 0 Å². The van der Waals surface area contributed by atoms with Crippen LogP contribution in [0.25, 0.3) is 0 Å². The van der Waals surface area contributed by atoms with Crippen molar-refractivity contribution < 1.29 is 17.9 Å². The summed E-state index contributed by atoms with van der Waals surface area (Å²) >= 11 is 0. The maximum absolute atomic E-state index is 12.8. The van der Waals surface area contributed by atoms with E-state index in [1.165, 1.54) is 12.1 Å². The first-order chi connectivity index (χ1) is 7.91. The summed E-state index contributed by atoms with van der Waals surface area (Å²) in [6.07, 6.45) is -4.10. The first kappa shape index (κ1) is 15.3.